The van der Waals surface area contributed by atoms with Gasteiger partial charge in [0.2, 0.25) is 0 Å². The van der Waals surface area contributed by atoms with Crippen molar-refractivity contribution in [3.63, 3.8) is 0 Å². The minimum Gasteiger partial charge on any atom is -0.452 e. The van der Waals surface area contributed by atoms with Crippen molar-refractivity contribution in [3.8, 4) is 0 Å². The zero-order valence-electron chi connectivity index (χ0n) is 13.3. The number of nitrogens with one attached hydrogen (secondary N) is 1. The molecule has 0 unspecified atom stereocenters. The highest BCUT2D eigenvalue weighted by molar-refractivity contribution is 6.42. The number of amides is 1. The summed E-state index contributed by atoms with van der Waals surface area (Å²) < 4.78 is 44.5. The lowest BCUT2D eigenvalue weighted by molar-refractivity contribution is -0.152. The van der Waals surface area contributed by atoms with Crippen LogP contribution < -0.4 is 5.32 Å². The minimum absolute atomic E-state index is 0.173. The van der Waals surface area contributed by atoms with Crippen LogP contribution in [0.5, 0.6) is 0 Å². The second-order valence-electron chi connectivity index (χ2n) is 5.27. The van der Waals surface area contributed by atoms with Crippen molar-refractivity contribution in [2.75, 3.05) is 5.32 Å². The van der Waals surface area contributed by atoms with Crippen molar-refractivity contribution < 1.29 is 27.5 Å². The molecule has 138 valence electrons. The zero-order chi connectivity index (χ0) is 19.4. The molecule has 0 saturated carbocycles. The Hall–Kier alpha value is -2.25. The molecule has 1 atom stereocenters. The number of carbonyl (C=O) groups is 2. The third kappa shape index (κ3) is 4.89. The number of benzene rings is 2. The van der Waals surface area contributed by atoms with E-state index in [9.17, 15) is 22.8 Å². The molecule has 26 heavy (non-hydrogen) atoms. The van der Waals surface area contributed by atoms with Crippen molar-refractivity contribution >= 4 is 40.8 Å². The molecule has 0 radical (unpaired) electrons. The average molecular weight is 406 g/mol. The molecule has 0 fully saturated rings. The van der Waals surface area contributed by atoms with Crippen molar-refractivity contribution in [1.82, 2.24) is 0 Å². The first-order valence-corrected chi connectivity index (χ1v) is 8.02. The largest absolute Gasteiger partial charge is 0.452 e. The van der Waals surface area contributed by atoms with Crippen LogP contribution in [0.4, 0.5) is 18.9 Å². The molecule has 4 nitrogen and oxygen atoms in total. The highest BCUT2D eigenvalue weighted by atomic mass is 35.5. The van der Waals surface area contributed by atoms with Crippen LogP contribution in [0.2, 0.25) is 10.0 Å². The Bertz CT molecular complexity index is 861. The van der Waals surface area contributed by atoms with Gasteiger partial charge in [0.05, 0.1) is 22.2 Å². The quantitative estimate of drug-likeness (QED) is 0.587. The number of hydrogen-bond donors (Lipinski definition) is 1. The monoisotopic (exact) mass is 405 g/mol. The Kier molecular flexibility index (Phi) is 6.50. The predicted octanol–water partition coefficient (Wildman–Crippen LogP) is 4.52. The first kappa shape index (κ1) is 20.1. The normalized spacial score (nSPS) is 11.8. The summed E-state index contributed by atoms with van der Waals surface area (Å²) in [6.45, 7) is 1.25. The van der Waals surface area contributed by atoms with E-state index in [0.29, 0.717) is 16.7 Å². The van der Waals surface area contributed by atoms with Gasteiger partial charge in [-0.2, -0.15) is 0 Å². The number of ether oxygens (including phenoxy) is 1. The molecule has 0 aliphatic carbocycles. The summed E-state index contributed by atoms with van der Waals surface area (Å²) in [5.41, 5.74) is -0.0510. The highest BCUT2D eigenvalue weighted by Crippen LogP contribution is 2.23. The fraction of sp³-hybridized carbons (Fsp3) is 0.176. The Labute approximate surface area is 156 Å². The Morgan fingerprint density at radius 3 is 2.42 bits per heavy atom. The maximum Gasteiger partial charge on any atom is 0.311 e. The van der Waals surface area contributed by atoms with Gasteiger partial charge in [-0.1, -0.05) is 29.3 Å². The lowest BCUT2D eigenvalue weighted by Gasteiger charge is -2.14. The zero-order valence-corrected chi connectivity index (χ0v) is 14.8. The second-order valence-corrected chi connectivity index (χ2v) is 6.08. The summed E-state index contributed by atoms with van der Waals surface area (Å²) in [6, 6.07) is 6.07. The topological polar surface area (TPSA) is 55.4 Å². The summed E-state index contributed by atoms with van der Waals surface area (Å²) >= 11 is 11.6. The van der Waals surface area contributed by atoms with Gasteiger partial charge in [0.25, 0.3) is 5.91 Å². The molecule has 0 aromatic heterocycles. The van der Waals surface area contributed by atoms with Gasteiger partial charge >= 0.3 is 5.97 Å². The van der Waals surface area contributed by atoms with Gasteiger partial charge in [-0.25, -0.2) is 13.2 Å². The minimum atomic E-state index is -1.72. The maximum atomic E-state index is 13.5. The molecule has 1 N–H and O–H groups in total. The number of hydrogen-bond acceptors (Lipinski definition) is 3. The van der Waals surface area contributed by atoms with Gasteiger partial charge in [0.1, 0.15) is 0 Å². The molecule has 0 aliphatic heterocycles. The molecule has 0 aliphatic rings. The van der Waals surface area contributed by atoms with Crippen molar-refractivity contribution in [2.24, 2.45) is 0 Å². The van der Waals surface area contributed by atoms with E-state index in [0.717, 1.165) is 6.07 Å². The standard InChI is InChI=1S/C17H12Cl2F3NO3/c1-8(17(25)23-13-5-4-12(20)15(21)16(13)22)26-14(24)7-9-2-3-10(18)11(19)6-9/h2-6,8H,7H2,1H3,(H,23,25)/t8-/m0/s1. The molecule has 1 amide bonds. The lowest BCUT2D eigenvalue weighted by atomic mass is 10.1. The summed E-state index contributed by atoms with van der Waals surface area (Å²) in [4.78, 5) is 23.8. The predicted molar refractivity (Wildman–Crippen MR) is 90.7 cm³/mol. The lowest BCUT2D eigenvalue weighted by Crippen LogP contribution is -2.31. The molecule has 0 spiro atoms. The van der Waals surface area contributed by atoms with Crippen LogP contribution in [-0.4, -0.2) is 18.0 Å². The molecule has 0 saturated heterocycles. The maximum absolute atomic E-state index is 13.5. The van der Waals surface area contributed by atoms with Gasteiger partial charge in [-0.15, -0.1) is 0 Å². The average Bonchev–Trinajstić information content (AvgIpc) is 2.58. The van der Waals surface area contributed by atoms with Gasteiger partial charge in [0.15, 0.2) is 23.6 Å². The van der Waals surface area contributed by atoms with E-state index in [1.807, 2.05) is 5.32 Å². The second kappa shape index (κ2) is 8.42. The van der Waals surface area contributed by atoms with Crippen LogP contribution in [0.15, 0.2) is 30.3 Å². The molecule has 9 heteroatoms. The first-order valence-electron chi connectivity index (χ1n) is 7.26. The summed E-state index contributed by atoms with van der Waals surface area (Å²) in [6.07, 6.45) is -1.47. The van der Waals surface area contributed by atoms with Gasteiger partial charge in [-0.3, -0.25) is 9.59 Å². The van der Waals surface area contributed by atoms with E-state index in [2.05, 4.69) is 0 Å². The van der Waals surface area contributed by atoms with E-state index in [4.69, 9.17) is 27.9 Å². The van der Waals surface area contributed by atoms with E-state index in [1.165, 1.54) is 19.1 Å². The van der Waals surface area contributed by atoms with Crippen molar-refractivity contribution in [3.05, 3.63) is 63.4 Å². The molecule has 0 heterocycles. The number of rotatable bonds is 5. The molecule has 2 aromatic rings. The van der Waals surface area contributed by atoms with E-state index >= 15 is 0 Å². The Morgan fingerprint density at radius 1 is 1.08 bits per heavy atom. The number of esters is 1. The Morgan fingerprint density at radius 2 is 1.77 bits per heavy atom. The van der Waals surface area contributed by atoms with Crippen molar-refractivity contribution in [2.45, 2.75) is 19.4 Å². The van der Waals surface area contributed by atoms with Crippen LogP contribution in [0, 0.1) is 17.5 Å². The third-order valence-electron chi connectivity index (χ3n) is 3.30. The van der Waals surface area contributed by atoms with Crippen molar-refractivity contribution in [1.29, 1.82) is 0 Å². The van der Waals surface area contributed by atoms with Gasteiger partial charge < -0.3 is 10.1 Å². The summed E-state index contributed by atoms with van der Waals surface area (Å²) in [7, 11) is 0. The van der Waals surface area contributed by atoms with E-state index < -0.39 is 41.1 Å². The molecule has 2 rings (SSSR count). The smallest absolute Gasteiger partial charge is 0.311 e. The van der Waals surface area contributed by atoms with Crippen LogP contribution in [0.3, 0.4) is 0 Å². The van der Waals surface area contributed by atoms with Crippen LogP contribution in [0.1, 0.15) is 12.5 Å². The highest BCUT2D eigenvalue weighted by Gasteiger charge is 2.21. The van der Waals surface area contributed by atoms with Crippen LogP contribution >= 0.6 is 23.2 Å². The molecule has 0 bridgehead atoms. The molecular formula is C17H12Cl2F3NO3. The molecular weight excluding hydrogens is 394 g/mol. The SMILES string of the molecule is C[C@H](OC(=O)Cc1ccc(Cl)c(Cl)c1)C(=O)Nc1ccc(F)c(F)c1F. The van der Waals surface area contributed by atoms with E-state index in [-0.39, 0.29) is 11.4 Å². The number of carbonyl (C=O) groups excluding carboxylic acids is 2. The fourth-order valence-corrected chi connectivity index (χ4v) is 2.29. The van der Waals surface area contributed by atoms with Gasteiger partial charge in [0, 0.05) is 0 Å². The van der Waals surface area contributed by atoms with E-state index in [1.54, 1.807) is 6.07 Å². The van der Waals surface area contributed by atoms with Crippen LogP contribution in [0.25, 0.3) is 0 Å². The summed E-state index contributed by atoms with van der Waals surface area (Å²) in [5.74, 6) is -6.30. The van der Waals surface area contributed by atoms with Crippen LogP contribution in [-0.2, 0) is 20.7 Å². The number of anilines is 1. The first-order chi connectivity index (χ1) is 12.2. The fourth-order valence-electron chi connectivity index (χ4n) is 1.97. The Balaban J connectivity index is 1.97. The third-order valence-corrected chi connectivity index (χ3v) is 4.04. The molecule has 2 aromatic carbocycles. The number of halogens is 5. The van der Waals surface area contributed by atoms with Gasteiger partial charge in [-0.05, 0) is 36.8 Å². The summed E-state index contributed by atoms with van der Waals surface area (Å²) in [5, 5.41) is 2.61.